The van der Waals surface area contributed by atoms with E-state index in [9.17, 15) is 9.59 Å². The van der Waals surface area contributed by atoms with Crippen molar-refractivity contribution in [1.29, 1.82) is 0 Å². The molecule has 0 aliphatic heterocycles. The van der Waals surface area contributed by atoms with Crippen molar-refractivity contribution in [3.05, 3.63) is 181 Å². The highest BCUT2D eigenvalue weighted by molar-refractivity contribution is 8.76. The molecule has 6 aromatic rings. The summed E-state index contributed by atoms with van der Waals surface area (Å²) >= 11 is 0. The summed E-state index contributed by atoms with van der Waals surface area (Å²) < 4.78 is 0. The number of carbonyl (C=O) groups excluding carboxylic acids is 2. The van der Waals surface area contributed by atoms with Gasteiger partial charge in [0.25, 0.3) is 11.8 Å². The number of nitrogens with zero attached hydrogens (tertiary/aromatic N) is 2. The number of benzene rings is 6. The summed E-state index contributed by atoms with van der Waals surface area (Å²) in [6.07, 6.45) is 0. The average Bonchev–Trinajstić information content (AvgIpc) is 3.10. The lowest BCUT2D eigenvalue weighted by molar-refractivity contribution is 0.0991. The zero-order valence-electron chi connectivity index (χ0n) is 23.7. The highest BCUT2D eigenvalue weighted by Gasteiger charge is 2.21. The first-order valence-corrected chi connectivity index (χ1v) is 16.3. The van der Waals surface area contributed by atoms with Crippen LogP contribution in [0, 0.1) is 0 Å². The van der Waals surface area contributed by atoms with Crippen LogP contribution in [0.2, 0.25) is 0 Å². The Morgan fingerprint density at radius 1 is 0.341 bits per heavy atom. The molecule has 0 N–H and O–H groups in total. The second-order valence-electron chi connectivity index (χ2n) is 9.84. The fourth-order valence-corrected chi connectivity index (χ4v) is 6.67. The minimum absolute atomic E-state index is 0.0908. The van der Waals surface area contributed by atoms with Gasteiger partial charge in [-0.1, -0.05) is 94.4 Å². The molecular weight excluding hydrogens is 581 g/mol. The summed E-state index contributed by atoms with van der Waals surface area (Å²) in [6.45, 7) is 0. The van der Waals surface area contributed by atoms with Gasteiger partial charge in [-0.05, 0) is 97.1 Å². The Morgan fingerprint density at radius 2 is 0.591 bits per heavy atom. The molecule has 0 bridgehead atoms. The molecule has 0 aromatic heterocycles. The molecule has 0 atom stereocenters. The van der Waals surface area contributed by atoms with Crippen LogP contribution in [0.25, 0.3) is 0 Å². The van der Waals surface area contributed by atoms with Crippen LogP contribution in [0.15, 0.2) is 180 Å². The predicted molar refractivity (Wildman–Crippen MR) is 183 cm³/mol. The Morgan fingerprint density at radius 3 is 0.841 bits per heavy atom. The first-order chi connectivity index (χ1) is 21.7. The standard InChI is InChI=1S/C38H28N2O2S2/c41-37(39(31-13-5-1-6-14-31)32-15-7-2-8-16-32)29-21-25-35(26-22-29)43-44-36-27-23-30(24-28-36)38(42)40(33-17-9-3-10-18-33)34-19-11-4-12-20-34/h1-28H. The van der Waals surface area contributed by atoms with E-state index in [-0.39, 0.29) is 11.8 Å². The van der Waals surface area contributed by atoms with Crippen LogP contribution in [0.1, 0.15) is 20.7 Å². The second kappa shape index (κ2) is 14.0. The molecular formula is C38H28N2O2S2. The molecule has 0 aliphatic rings. The molecule has 214 valence electrons. The Kier molecular flexibility index (Phi) is 9.21. The van der Waals surface area contributed by atoms with Gasteiger partial charge in [0.05, 0.1) is 0 Å². The van der Waals surface area contributed by atoms with Gasteiger partial charge in [0, 0.05) is 43.7 Å². The van der Waals surface area contributed by atoms with Gasteiger partial charge in [-0.15, -0.1) is 0 Å². The lowest BCUT2D eigenvalue weighted by Gasteiger charge is -2.23. The Labute approximate surface area is 265 Å². The Balaban J connectivity index is 1.13. The van der Waals surface area contributed by atoms with Gasteiger partial charge >= 0.3 is 0 Å². The van der Waals surface area contributed by atoms with E-state index in [1.165, 1.54) is 0 Å². The van der Waals surface area contributed by atoms with Crippen LogP contribution >= 0.6 is 21.6 Å². The van der Waals surface area contributed by atoms with Crippen LogP contribution in [-0.4, -0.2) is 11.8 Å². The highest BCUT2D eigenvalue weighted by atomic mass is 33.1. The lowest BCUT2D eigenvalue weighted by atomic mass is 10.1. The summed E-state index contributed by atoms with van der Waals surface area (Å²) in [5, 5.41) is 0. The van der Waals surface area contributed by atoms with Crippen molar-refractivity contribution in [1.82, 2.24) is 0 Å². The third kappa shape index (κ3) is 6.78. The van der Waals surface area contributed by atoms with E-state index >= 15 is 0 Å². The predicted octanol–water partition coefficient (Wildman–Crippen LogP) is 10.4. The van der Waals surface area contributed by atoms with Crippen LogP contribution in [0.3, 0.4) is 0 Å². The molecule has 0 aliphatic carbocycles. The largest absolute Gasteiger partial charge is 0.277 e. The average molecular weight is 609 g/mol. The first kappa shape index (κ1) is 29.1. The summed E-state index contributed by atoms with van der Waals surface area (Å²) in [4.78, 5) is 32.8. The normalized spacial score (nSPS) is 10.6. The zero-order chi connectivity index (χ0) is 30.1. The van der Waals surface area contributed by atoms with E-state index in [4.69, 9.17) is 0 Å². The van der Waals surface area contributed by atoms with Gasteiger partial charge in [0.2, 0.25) is 0 Å². The molecule has 4 nitrogen and oxygen atoms in total. The number of rotatable bonds is 9. The molecule has 0 fully saturated rings. The van der Waals surface area contributed by atoms with E-state index in [0.717, 1.165) is 32.5 Å². The maximum Gasteiger partial charge on any atom is 0.262 e. The topological polar surface area (TPSA) is 40.6 Å². The van der Waals surface area contributed by atoms with Crippen molar-refractivity contribution in [2.75, 3.05) is 9.80 Å². The fraction of sp³-hybridized carbons (Fsp3) is 0. The van der Waals surface area contributed by atoms with Gasteiger partial charge < -0.3 is 0 Å². The smallest absolute Gasteiger partial charge is 0.262 e. The Hall–Kier alpha value is -5.04. The van der Waals surface area contributed by atoms with E-state index in [2.05, 4.69) is 0 Å². The van der Waals surface area contributed by atoms with Crippen LogP contribution in [0.4, 0.5) is 22.7 Å². The van der Waals surface area contributed by atoms with Crippen molar-refractivity contribution < 1.29 is 9.59 Å². The number of para-hydroxylation sites is 4. The molecule has 0 heterocycles. The van der Waals surface area contributed by atoms with Gasteiger partial charge in [0.15, 0.2) is 0 Å². The Bertz CT molecular complexity index is 1600. The van der Waals surface area contributed by atoms with Crippen LogP contribution in [0.5, 0.6) is 0 Å². The molecule has 0 saturated carbocycles. The third-order valence-electron chi connectivity index (χ3n) is 6.90. The van der Waals surface area contributed by atoms with E-state index in [1.54, 1.807) is 31.4 Å². The zero-order valence-corrected chi connectivity index (χ0v) is 25.3. The summed E-state index contributed by atoms with van der Waals surface area (Å²) in [5.41, 5.74) is 4.48. The number of amides is 2. The van der Waals surface area contributed by atoms with Crippen molar-refractivity contribution in [3.8, 4) is 0 Å². The number of anilines is 4. The van der Waals surface area contributed by atoms with Gasteiger partial charge in [-0.3, -0.25) is 19.4 Å². The molecule has 6 aromatic carbocycles. The molecule has 44 heavy (non-hydrogen) atoms. The summed E-state index contributed by atoms with van der Waals surface area (Å²) in [5.74, 6) is -0.182. The highest BCUT2D eigenvalue weighted by Crippen LogP contribution is 2.38. The molecule has 6 heteroatoms. The maximum absolute atomic E-state index is 13.6. The van der Waals surface area contributed by atoms with Crippen molar-refractivity contribution in [3.63, 3.8) is 0 Å². The number of hydrogen-bond acceptors (Lipinski definition) is 4. The molecule has 0 spiro atoms. The van der Waals surface area contributed by atoms with E-state index in [1.807, 2.05) is 170 Å². The van der Waals surface area contributed by atoms with Crippen molar-refractivity contribution >= 4 is 56.2 Å². The molecule has 0 radical (unpaired) electrons. The van der Waals surface area contributed by atoms with Crippen LogP contribution in [-0.2, 0) is 0 Å². The minimum atomic E-state index is -0.0908. The lowest BCUT2D eigenvalue weighted by Crippen LogP contribution is -2.25. The van der Waals surface area contributed by atoms with E-state index < -0.39 is 0 Å². The number of hydrogen-bond donors (Lipinski definition) is 0. The summed E-state index contributed by atoms with van der Waals surface area (Å²) in [6, 6.07) is 54.0. The monoisotopic (exact) mass is 608 g/mol. The van der Waals surface area contributed by atoms with E-state index in [0.29, 0.717) is 11.1 Å². The van der Waals surface area contributed by atoms with Crippen molar-refractivity contribution in [2.24, 2.45) is 0 Å². The van der Waals surface area contributed by atoms with Gasteiger partial charge in [-0.2, -0.15) is 0 Å². The van der Waals surface area contributed by atoms with Gasteiger partial charge in [0.1, 0.15) is 0 Å². The molecule has 0 unspecified atom stereocenters. The van der Waals surface area contributed by atoms with Gasteiger partial charge in [-0.25, -0.2) is 0 Å². The minimum Gasteiger partial charge on any atom is -0.277 e. The molecule has 2 amide bonds. The fourth-order valence-electron chi connectivity index (χ4n) is 4.74. The van der Waals surface area contributed by atoms with Crippen LogP contribution < -0.4 is 9.80 Å². The number of carbonyl (C=O) groups is 2. The quantitative estimate of drug-likeness (QED) is 0.153. The maximum atomic E-state index is 13.6. The summed E-state index contributed by atoms with van der Waals surface area (Å²) in [7, 11) is 3.21. The SMILES string of the molecule is O=C(c1ccc(SSc2ccc(C(=O)N(c3ccccc3)c3ccccc3)cc2)cc1)N(c1ccccc1)c1ccccc1. The third-order valence-corrected chi connectivity index (χ3v) is 9.32. The molecule has 6 rings (SSSR count). The second-order valence-corrected chi connectivity index (χ2v) is 12.1. The first-order valence-electron chi connectivity index (χ1n) is 14.1. The molecule has 0 saturated heterocycles. The van der Waals surface area contributed by atoms with Crippen molar-refractivity contribution in [2.45, 2.75) is 9.79 Å².